The average molecular weight is 194 g/mol. The first-order chi connectivity index (χ1) is 5.91. The Morgan fingerprint density at radius 3 is 2.08 bits per heavy atom. The van der Waals surface area contributed by atoms with E-state index in [1.165, 1.54) is 0 Å². The Labute approximate surface area is 74.0 Å². The molecule has 0 saturated heterocycles. The van der Waals surface area contributed by atoms with Gasteiger partial charge in [0.1, 0.15) is 18.3 Å². The summed E-state index contributed by atoms with van der Waals surface area (Å²) >= 11 is 0. The predicted molar refractivity (Wildman–Crippen MR) is 38.1 cm³/mol. The molecule has 0 saturated carbocycles. The van der Waals surface area contributed by atoms with Gasteiger partial charge in [0.2, 0.25) is 0 Å². The van der Waals surface area contributed by atoms with Crippen LogP contribution in [0.25, 0.3) is 0 Å². The highest BCUT2D eigenvalue weighted by Gasteiger charge is 2.29. The van der Waals surface area contributed by atoms with Crippen LogP contribution in [0.5, 0.6) is 0 Å². The van der Waals surface area contributed by atoms with Gasteiger partial charge in [0.05, 0.1) is 18.6 Å². The summed E-state index contributed by atoms with van der Waals surface area (Å²) in [7, 11) is 0. The third kappa shape index (κ3) is 3.25. The quantitative estimate of drug-likeness (QED) is 0.295. The zero-order valence-electron chi connectivity index (χ0n) is 6.70. The number of aliphatic carboxylic acids is 1. The zero-order valence-corrected chi connectivity index (χ0v) is 6.70. The fourth-order valence-electron chi connectivity index (χ4n) is 0.687. The fraction of sp³-hybridized carbons (Fsp3) is 0.833. The molecule has 0 rings (SSSR count). The number of hydrogen-bond acceptors (Lipinski definition) is 7. The summed E-state index contributed by atoms with van der Waals surface area (Å²) in [6, 6.07) is -1.81. The number of carboxylic acids is 1. The second-order valence-corrected chi connectivity index (χ2v) is 2.58. The molecule has 0 aliphatic heterocycles. The van der Waals surface area contributed by atoms with Crippen LogP contribution in [-0.2, 0) is 4.79 Å². The number of nitrogens with two attached hydrogens (primary N) is 1. The smallest absolute Gasteiger partial charge is 0.110 e. The van der Waals surface area contributed by atoms with Crippen molar-refractivity contribution in [2.24, 2.45) is 5.73 Å². The molecule has 0 heterocycles. The lowest BCUT2D eigenvalue weighted by molar-refractivity contribution is -0.310. The van der Waals surface area contributed by atoms with Gasteiger partial charge in [0.15, 0.2) is 0 Å². The molecule has 0 amide bonds. The number of rotatable bonds is 5. The molecule has 0 aromatic carbocycles. The summed E-state index contributed by atoms with van der Waals surface area (Å²) in [5.41, 5.74) is 4.89. The molecule has 0 aliphatic carbocycles. The fourth-order valence-corrected chi connectivity index (χ4v) is 0.687. The van der Waals surface area contributed by atoms with Crippen LogP contribution in [0.1, 0.15) is 0 Å². The Kier molecular flexibility index (Phi) is 4.81. The molecule has 4 atom stereocenters. The molecule has 0 aromatic heterocycles. The van der Waals surface area contributed by atoms with Crippen LogP contribution in [0, 0.1) is 0 Å². The number of aliphatic hydroxyl groups is 4. The number of carboxylic acid groups (broad SMARTS) is 1. The summed E-state index contributed by atoms with van der Waals surface area (Å²) in [5.74, 6) is -1.75. The van der Waals surface area contributed by atoms with E-state index in [2.05, 4.69) is 0 Å². The van der Waals surface area contributed by atoms with Crippen LogP contribution in [0.3, 0.4) is 0 Å². The van der Waals surface area contributed by atoms with Gasteiger partial charge in [-0.15, -0.1) is 0 Å². The second-order valence-electron chi connectivity index (χ2n) is 2.58. The largest absolute Gasteiger partial charge is 0.548 e. The van der Waals surface area contributed by atoms with Gasteiger partial charge in [-0.05, 0) is 0 Å². The van der Waals surface area contributed by atoms with Gasteiger partial charge in [-0.3, -0.25) is 0 Å². The first kappa shape index (κ1) is 12.3. The van der Waals surface area contributed by atoms with Gasteiger partial charge >= 0.3 is 0 Å². The van der Waals surface area contributed by atoms with Gasteiger partial charge in [-0.25, -0.2) is 0 Å². The molecule has 0 unspecified atom stereocenters. The van der Waals surface area contributed by atoms with E-state index in [0.717, 1.165) is 0 Å². The van der Waals surface area contributed by atoms with E-state index in [4.69, 9.17) is 26.2 Å². The molecular formula is C6H12NO6-. The van der Waals surface area contributed by atoms with Crippen LogP contribution in [0.15, 0.2) is 0 Å². The van der Waals surface area contributed by atoms with E-state index >= 15 is 0 Å². The number of hydrogen-bond donors (Lipinski definition) is 5. The first-order valence-corrected chi connectivity index (χ1v) is 3.53. The van der Waals surface area contributed by atoms with E-state index in [1.807, 2.05) is 0 Å². The SMILES string of the molecule is N[C@@H](C(=O)[O-])[C@@H](O)[C@H](O)[C@H](O)CO. The molecule has 7 nitrogen and oxygen atoms in total. The highest BCUT2D eigenvalue weighted by atomic mass is 16.4. The molecule has 0 radical (unpaired) electrons. The molecule has 6 N–H and O–H groups in total. The van der Waals surface area contributed by atoms with Crippen LogP contribution >= 0.6 is 0 Å². The molecule has 0 bridgehead atoms. The Morgan fingerprint density at radius 1 is 1.31 bits per heavy atom. The maximum absolute atomic E-state index is 10.1. The Bertz CT molecular complexity index is 175. The van der Waals surface area contributed by atoms with Crippen molar-refractivity contribution in [3.8, 4) is 0 Å². The summed E-state index contributed by atoms with van der Waals surface area (Å²) < 4.78 is 0. The van der Waals surface area contributed by atoms with Crippen molar-refractivity contribution in [2.45, 2.75) is 24.4 Å². The molecule has 0 spiro atoms. The van der Waals surface area contributed by atoms with Crippen LogP contribution in [0.4, 0.5) is 0 Å². The second kappa shape index (κ2) is 5.10. The normalized spacial score (nSPS) is 20.4. The van der Waals surface area contributed by atoms with Crippen LogP contribution in [0.2, 0.25) is 0 Å². The summed E-state index contributed by atoms with van der Waals surface area (Å²) in [6.07, 6.45) is -5.34. The standard InChI is InChI=1S/C6H13NO6/c7-3(6(12)13)5(11)4(10)2(9)1-8/h2-5,8-11H,1,7H2,(H,12,13)/p-1/t2-,3-,4-,5-/m1/s1. The molecule has 78 valence electrons. The monoisotopic (exact) mass is 194 g/mol. The summed E-state index contributed by atoms with van der Waals surface area (Å²) in [4.78, 5) is 10.1. The van der Waals surface area contributed by atoms with Gasteiger partial charge in [0, 0.05) is 0 Å². The molecule has 13 heavy (non-hydrogen) atoms. The third-order valence-electron chi connectivity index (χ3n) is 1.57. The Balaban J connectivity index is 4.24. The maximum Gasteiger partial charge on any atom is 0.110 e. The van der Waals surface area contributed by atoms with Crippen molar-refractivity contribution in [2.75, 3.05) is 6.61 Å². The number of carbonyl (C=O) groups is 1. The number of aliphatic hydroxyl groups excluding tert-OH is 4. The third-order valence-corrected chi connectivity index (χ3v) is 1.57. The number of carbonyl (C=O) groups excluding carboxylic acids is 1. The summed E-state index contributed by atoms with van der Waals surface area (Å²) in [5, 5.41) is 45.2. The van der Waals surface area contributed by atoms with Gasteiger partial charge in [-0.2, -0.15) is 0 Å². The van der Waals surface area contributed by atoms with E-state index in [1.54, 1.807) is 0 Å². The van der Waals surface area contributed by atoms with Crippen molar-refractivity contribution in [3.05, 3.63) is 0 Å². The molecule has 7 heteroatoms. The van der Waals surface area contributed by atoms with Crippen molar-refractivity contribution < 1.29 is 30.3 Å². The molecular weight excluding hydrogens is 182 g/mol. The lowest BCUT2D eigenvalue weighted by atomic mass is 10.0. The Morgan fingerprint density at radius 2 is 1.77 bits per heavy atom. The Hall–Kier alpha value is -0.730. The minimum Gasteiger partial charge on any atom is -0.548 e. The first-order valence-electron chi connectivity index (χ1n) is 3.53. The van der Waals surface area contributed by atoms with Gasteiger partial charge in [-0.1, -0.05) is 0 Å². The van der Waals surface area contributed by atoms with Crippen molar-refractivity contribution in [1.82, 2.24) is 0 Å². The van der Waals surface area contributed by atoms with Crippen molar-refractivity contribution in [1.29, 1.82) is 0 Å². The van der Waals surface area contributed by atoms with E-state index < -0.39 is 36.9 Å². The molecule has 0 aliphatic rings. The minimum absolute atomic E-state index is 0.808. The average Bonchev–Trinajstić information content (AvgIpc) is 2.12. The molecule has 0 aromatic rings. The van der Waals surface area contributed by atoms with E-state index in [0.29, 0.717) is 0 Å². The zero-order chi connectivity index (χ0) is 10.6. The highest BCUT2D eigenvalue weighted by molar-refractivity contribution is 5.71. The predicted octanol–water partition coefficient (Wildman–Crippen LogP) is -4.86. The lowest BCUT2D eigenvalue weighted by Gasteiger charge is -2.26. The topological polar surface area (TPSA) is 147 Å². The lowest BCUT2D eigenvalue weighted by Crippen LogP contribution is -2.56. The van der Waals surface area contributed by atoms with Gasteiger partial charge < -0.3 is 36.1 Å². The maximum atomic E-state index is 10.1. The van der Waals surface area contributed by atoms with Crippen molar-refractivity contribution >= 4 is 5.97 Å². The minimum atomic E-state index is -1.88. The van der Waals surface area contributed by atoms with E-state index in [9.17, 15) is 9.90 Å². The van der Waals surface area contributed by atoms with Crippen LogP contribution in [-0.4, -0.2) is 57.4 Å². The molecule has 0 fully saturated rings. The van der Waals surface area contributed by atoms with E-state index in [-0.39, 0.29) is 0 Å². The van der Waals surface area contributed by atoms with Gasteiger partial charge in [0.25, 0.3) is 0 Å². The highest BCUT2D eigenvalue weighted by Crippen LogP contribution is 2.02. The van der Waals surface area contributed by atoms with Crippen molar-refractivity contribution in [3.63, 3.8) is 0 Å². The van der Waals surface area contributed by atoms with Crippen LogP contribution < -0.4 is 10.8 Å². The summed E-state index contributed by atoms with van der Waals surface area (Å²) in [6.45, 7) is -0.808.